The summed E-state index contributed by atoms with van der Waals surface area (Å²) in [6.45, 7) is 2.06. The first kappa shape index (κ1) is 19.4. The highest BCUT2D eigenvalue weighted by Crippen LogP contribution is 2.44. The fourth-order valence-electron chi connectivity index (χ4n) is 3.16. The van der Waals surface area contributed by atoms with E-state index in [1.807, 2.05) is 42.5 Å². The molecule has 2 aromatic carbocycles. The van der Waals surface area contributed by atoms with Crippen molar-refractivity contribution in [2.24, 2.45) is 0 Å². The van der Waals surface area contributed by atoms with Crippen molar-refractivity contribution in [2.45, 2.75) is 6.92 Å². The predicted molar refractivity (Wildman–Crippen MR) is 107 cm³/mol. The quantitative estimate of drug-likeness (QED) is 0.608. The topological polar surface area (TPSA) is 69.8 Å². The summed E-state index contributed by atoms with van der Waals surface area (Å²) in [4.78, 5) is 15.6. The average Bonchev–Trinajstić information content (AvgIpc) is 3.18. The second kappa shape index (κ2) is 8.52. The van der Waals surface area contributed by atoms with E-state index in [-0.39, 0.29) is 6.61 Å². The lowest BCUT2D eigenvalue weighted by atomic mass is 9.96. The molecule has 3 rings (SSSR count). The van der Waals surface area contributed by atoms with Crippen LogP contribution in [-0.4, -0.2) is 38.9 Å². The van der Waals surface area contributed by atoms with Gasteiger partial charge in [0, 0.05) is 17.3 Å². The fourth-order valence-corrected chi connectivity index (χ4v) is 3.16. The summed E-state index contributed by atoms with van der Waals surface area (Å²) in [6.07, 6.45) is 1.81. The number of rotatable bonds is 7. The van der Waals surface area contributed by atoms with Crippen LogP contribution in [0.2, 0.25) is 0 Å². The van der Waals surface area contributed by atoms with Gasteiger partial charge in [-0.15, -0.1) is 0 Å². The molecule has 0 radical (unpaired) electrons. The van der Waals surface area contributed by atoms with Gasteiger partial charge in [0.2, 0.25) is 5.75 Å². The Kier molecular flexibility index (Phi) is 5.89. The lowest BCUT2D eigenvalue weighted by Gasteiger charge is -2.15. The van der Waals surface area contributed by atoms with Crippen LogP contribution in [0.4, 0.5) is 0 Å². The Morgan fingerprint density at radius 2 is 1.57 bits per heavy atom. The standard InChI is InChI=1S/C22H23NO5/c1-5-28-22(24)20-19(16(13-23-20)14-9-7-6-8-10-14)15-11-17(25-2)21(27-4)18(12-15)26-3/h6-13,23H,5H2,1-4H3. The smallest absolute Gasteiger partial charge is 0.355 e. The van der Waals surface area contributed by atoms with Gasteiger partial charge in [0.25, 0.3) is 0 Å². The predicted octanol–water partition coefficient (Wildman–Crippen LogP) is 4.55. The molecule has 28 heavy (non-hydrogen) atoms. The zero-order valence-electron chi connectivity index (χ0n) is 16.4. The van der Waals surface area contributed by atoms with Gasteiger partial charge in [0.05, 0.1) is 27.9 Å². The van der Waals surface area contributed by atoms with Gasteiger partial charge in [0.15, 0.2) is 11.5 Å². The number of carbonyl (C=O) groups excluding carboxylic acids is 1. The number of H-pyrrole nitrogens is 1. The second-order valence-corrected chi connectivity index (χ2v) is 5.95. The van der Waals surface area contributed by atoms with Gasteiger partial charge in [-0.25, -0.2) is 4.79 Å². The van der Waals surface area contributed by atoms with Crippen LogP contribution in [0.15, 0.2) is 48.7 Å². The number of aromatic nitrogens is 1. The van der Waals surface area contributed by atoms with Crippen molar-refractivity contribution in [3.05, 3.63) is 54.4 Å². The molecule has 1 aromatic heterocycles. The van der Waals surface area contributed by atoms with E-state index in [0.717, 1.165) is 16.7 Å². The summed E-state index contributed by atoms with van der Waals surface area (Å²) in [7, 11) is 4.67. The molecule has 0 saturated heterocycles. The summed E-state index contributed by atoms with van der Waals surface area (Å²) >= 11 is 0. The molecule has 6 nitrogen and oxygen atoms in total. The molecular formula is C22H23NO5. The maximum Gasteiger partial charge on any atom is 0.355 e. The summed E-state index contributed by atoms with van der Waals surface area (Å²) in [5.41, 5.74) is 3.67. The number of ether oxygens (including phenoxy) is 4. The lowest BCUT2D eigenvalue weighted by molar-refractivity contribution is 0.0521. The van der Waals surface area contributed by atoms with Gasteiger partial charge in [-0.05, 0) is 30.2 Å². The monoisotopic (exact) mass is 381 g/mol. The fraction of sp³-hybridized carbons (Fsp3) is 0.227. The molecule has 1 heterocycles. The Bertz CT molecular complexity index is 937. The van der Waals surface area contributed by atoms with Crippen LogP contribution in [0.3, 0.4) is 0 Å². The summed E-state index contributed by atoms with van der Waals surface area (Å²) in [5.74, 6) is 1.08. The summed E-state index contributed by atoms with van der Waals surface area (Å²) in [6, 6.07) is 13.5. The molecule has 6 heteroatoms. The molecule has 0 aliphatic rings. The van der Waals surface area contributed by atoms with Gasteiger partial charge >= 0.3 is 5.97 Å². The molecule has 0 amide bonds. The maximum absolute atomic E-state index is 12.6. The minimum absolute atomic E-state index is 0.285. The maximum atomic E-state index is 12.6. The Balaban J connectivity index is 2.27. The van der Waals surface area contributed by atoms with Crippen molar-refractivity contribution in [2.75, 3.05) is 27.9 Å². The number of nitrogens with one attached hydrogen (secondary N) is 1. The number of benzene rings is 2. The molecule has 0 atom stereocenters. The normalized spacial score (nSPS) is 10.4. The second-order valence-electron chi connectivity index (χ2n) is 5.95. The molecule has 3 aromatic rings. The van der Waals surface area contributed by atoms with Crippen LogP contribution in [0, 0.1) is 0 Å². The Morgan fingerprint density at radius 1 is 0.929 bits per heavy atom. The van der Waals surface area contributed by atoms with Crippen LogP contribution in [0.25, 0.3) is 22.3 Å². The van der Waals surface area contributed by atoms with Crippen molar-refractivity contribution in [1.82, 2.24) is 4.98 Å². The van der Waals surface area contributed by atoms with Crippen LogP contribution in [0.5, 0.6) is 17.2 Å². The van der Waals surface area contributed by atoms with Crippen molar-refractivity contribution >= 4 is 5.97 Å². The minimum atomic E-state index is -0.423. The van der Waals surface area contributed by atoms with E-state index < -0.39 is 5.97 Å². The molecular weight excluding hydrogens is 358 g/mol. The Morgan fingerprint density at radius 3 is 2.11 bits per heavy atom. The van der Waals surface area contributed by atoms with Gasteiger partial charge in [0.1, 0.15) is 5.69 Å². The largest absolute Gasteiger partial charge is 0.493 e. The lowest BCUT2D eigenvalue weighted by Crippen LogP contribution is -2.07. The minimum Gasteiger partial charge on any atom is -0.493 e. The number of hydrogen-bond donors (Lipinski definition) is 1. The van der Waals surface area contributed by atoms with Crippen molar-refractivity contribution in [3.8, 4) is 39.5 Å². The molecule has 1 N–H and O–H groups in total. The van der Waals surface area contributed by atoms with Gasteiger partial charge in [-0.2, -0.15) is 0 Å². The third-order valence-corrected chi connectivity index (χ3v) is 4.40. The van der Waals surface area contributed by atoms with Crippen molar-refractivity contribution in [3.63, 3.8) is 0 Å². The summed E-state index contributed by atoms with van der Waals surface area (Å²) < 4.78 is 21.6. The Labute approximate surface area is 164 Å². The zero-order valence-corrected chi connectivity index (χ0v) is 16.4. The van der Waals surface area contributed by atoms with Crippen molar-refractivity contribution in [1.29, 1.82) is 0 Å². The third-order valence-electron chi connectivity index (χ3n) is 4.40. The number of methoxy groups -OCH3 is 3. The van der Waals surface area contributed by atoms with Crippen molar-refractivity contribution < 1.29 is 23.7 Å². The first-order valence-corrected chi connectivity index (χ1v) is 8.88. The van der Waals surface area contributed by atoms with Gasteiger partial charge in [-0.1, -0.05) is 30.3 Å². The number of carbonyl (C=O) groups is 1. The van der Waals surface area contributed by atoms with Gasteiger partial charge in [-0.3, -0.25) is 0 Å². The van der Waals surface area contributed by atoms with Crippen LogP contribution in [0.1, 0.15) is 17.4 Å². The Hall–Kier alpha value is -3.41. The number of esters is 1. The molecule has 0 aliphatic carbocycles. The zero-order chi connectivity index (χ0) is 20.1. The van der Waals surface area contributed by atoms with Gasteiger partial charge < -0.3 is 23.9 Å². The van der Waals surface area contributed by atoms with Crippen LogP contribution in [-0.2, 0) is 4.74 Å². The number of hydrogen-bond acceptors (Lipinski definition) is 5. The first-order chi connectivity index (χ1) is 13.6. The molecule has 0 unspecified atom stereocenters. The van der Waals surface area contributed by atoms with Crippen LogP contribution >= 0.6 is 0 Å². The average molecular weight is 381 g/mol. The highest BCUT2D eigenvalue weighted by molar-refractivity contribution is 6.01. The SMILES string of the molecule is CCOC(=O)c1[nH]cc(-c2ccccc2)c1-c1cc(OC)c(OC)c(OC)c1. The van der Waals surface area contributed by atoms with E-state index in [2.05, 4.69) is 4.98 Å². The highest BCUT2D eigenvalue weighted by atomic mass is 16.5. The highest BCUT2D eigenvalue weighted by Gasteiger charge is 2.24. The van der Waals surface area contributed by atoms with E-state index >= 15 is 0 Å². The molecule has 146 valence electrons. The molecule has 0 bridgehead atoms. The molecule has 0 aliphatic heterocycles. The third kappa shape index (κ3) is 3.53. The number of aromatic amines is 1. The molecule has 0 saturated carbocycles. The van der Waals surface area contributed by atoms with E-state index in [9.17, 15) is 4.79 Å². The van der Waals surface area contributed by atoms with E-state index in [0.29, 0.717) is 28.5 Å². The molecule has 0 spiro atoms. The first-order valence-electron chi connectivity index (χ1n) is 8.88. The van der Waals surface area contributed by atoms with E-state index in [4.69, 9.17) is 18.9 Å². The molecule has 0 fully saturated rings. The van der Waals surface area contributed by atoms with E-state index in [1.54, 1.807) is 34.4 Å². The van der Waals surface area contributed by atoms with E-state index in [1.165, 1.54) is 0 Å². The summed E-state index contributed by atoms with van der Waals surface area (Å²) in [5, 5.41) is 0. The van der Waals surface area contributed by atoms with Crippen LogP contribution < -0.4 is 14.2 Å².